The average Bonchev–Trinajstić information content (AvgIpc) is 4.01. The van der Waals surface area contributed by atoms with Gasteiger partial charge < -0.3 is 62.5 Å². The third-order valence-corrected chi connectivity index (χ3v) is 14.9. The smallest absolute Gasteiger partial charge is 0.331 e. The van der Waals surface area contributed by atoms with Gasteiger partial charge in [-0.25, -0.2) is 9.59 Å². The van der Waals surface area contributed by atoms with Crippen LogP contribution in [-0.4, -0.2) is 175 Å². The summed E-state index contributed by atoms with van der Waals surface area (Å²) in [5.41, 5.74) is -0.504. The summed E-state index contributed by atoms with van der Waals surface area (Å²) < 4.78 is 59.5. The van der Waals surface area contributed by atoms with Crippen molar-refractivity contribution < 1.29 is 76.8 Å². The molecule has 71 heavy (non-hydrogen) atoms. The van der Waals surface area contributed by atoms with Gasteiger partial charge in [0.25, 0.3) is 0 Å². The maximum atomic E-state index is 13.9. The Morgan fingerprint density at radius 3 is 2.04 bits per heavy atom. The maximum Gasteiger partial charge on any atom is 0.331 e. The van der Waals surface area contributed by atoms with Crippen LogP contribution in [0.3, 0.4) is 0 Å². The number of carbonyl (C=O) groups excluding carboxylic acids is 4. The lowest BCUT2D eigenvalue weighted by molar-refractivity contribution is -0.162. The SMILES string of the molecule is COC1/C=C/C(C)C(C(C)C(OC)C(C)CCC(=O)C(C)C(C/C=C/N(C)C=O)OC)OC(=O)/C=C/C2OC2(C)CC(OC)C(OC)C2=CC(=O)O[C@@H](C(C)C(OC)CC(OC)/C=C/C(C)C(O)C1)[C@H]2O. The van der Waals surface area contributed by atoms with Gasteiger partial charge >= 0.3 is 11.9 Å². The van der Waals surface area contributed by atoms with Crippen molar-refractivity contribution in [2.45, 2.75) is 166 Å². The summed E-state index contributed by atoms with van der Waals surface area (Å²) >= 11 is 0. The van der Waals surface area contributed by atoms with Crippen molar-refractivity contribution in [3.05, 3.63) is 60.4 Å². The Morgan fingerprint density at radius 1 is 0.831 bits per heavy atom. The second-order valence-electron chi connectivity index (χ2n) is 19.9. The fourth-order valence-corrected chi connectivity index (χ4v) is 9.98. The number of hydrogen-bond acceptors (Lipinski definition) is 16. The number of ketones is 1. The van der Waals surface area contributed by atoms with Crippen molar-refractivity contribution in [3.63, 3.8) is 0 Å². The molecular formula is C54H87NO16. The maximum absolute atomic E-state index is 13.9. The number of esters is 2. The highest BCUT2D eigenvalue weighted by atomic mass is 16.6. The molecule has 0 spiro atoms. The average molecular weight is 1010 g/mol. The van der Waals surface area contributed by atoms with Crippen LogP contribution in [0.15, 0.2) is 60.4 Å². The first-order valence-corrected chi connectivity index (χ1v) is 24.9. The minimum absolute atomic E-state index is 0.0401. The van der Waals surface area contributed by atoms with Gasteiger partial charge in [0.2, 0.25) is 6.41 Å². The quantitative estimate of drug-likeness (QED) is 0.0684. The van der Waals surface area contributed by atoms with Gasteiger partial charge in [-0.1, -0.05) is 71.9 Å². The number of amides is 1. The second kappa shape index (κ2) is 29.9. The van der Waals surface area contributed by atoms with Gasteiger partial charge in [-0.3, -0.25) is 9.59 Å². The Morgan fingerprint density at radius 2 is 1.46 bits per heavy atom. The van der Waals surface area contributed by atoms with Gasteiger partial charge in [-0.2, -0.15) is 0 Å². The Hall–Kier alpha value is -3.62. The zero-order valence-corrected chi connectivity index (χ0v) is 45.0. The highest BCUT2D eigenvalue weighted by Gasteiger charge is 2.54. The topological polar surface area (TPSA) is 208 Å². The molecule has 3 aliphatic heterocycles. The summed E-state index contributed by atoms with van der Waals surface area (Å²) in [7, 11) is 12.5. The van der Waals surface area contributed by atoms with E-state index in [1.807, 2.05) is 72.8 Å². The van der Waals surface area contributed by atoms with Crippen molar-refractivity contribution in [1.82, 2.24) is 4.90 Å². The molecule has 1 amide bonds. The molecule has 3 aliphatic rings. The largest absolute Gasteiger partial charge is 0.458 e. The van der Waals surface area contributed by atoms with E-state index in [4.69, 9.17) is 47.4 Å². The molecule has 3 rings (SSSR count). The van der Waals surface area contributed by atoms with Crippen LogP contribution in [-0.2, 0) is 66.5 Å². The lowest BCUT2D eigenvalue weighted by Crippen LogP contribution is -2.50. The van der Waals surface area contributed by atoms with E-state index in [1.165, 1.54) is 31.3 Å². The molecule has 0 aromatic carbocycles. The van der Waals surface area contributed by atoms with Crippen molar-refractivity contribution >= 4 is 24.1 Å². The lowest BCUT2D eigenvalue weighted by atomic mass is 9.81. The predicted octanol–water partition coefficient (Wildman–Crippen LogP) is 5.74. The Kier molecular flexibility index (Phi) is 26.0. The molecule has 17 heteroatoms. The fraction of sp³-hybridized carbons (Fsp3) is 0.741. The first-order valence-electron chi connectivity index (χ1n) is 24.9. The van der Waals surface area contributed by atoms with Gasteiger partial charge in [0.05, 0.1) is 48.3 Å². The van der Waals surface area contributed by atoms with Crippen molar-refractivity contribution in [3.8, 4) is 0 Å². The van der Waals surface area contributed by atoms with Crippen LogP contribution < -0.4 is 0 Å². The number of epoxide rings is 1. The molecule has 19 atom stereocenters. The van der Waals surface area contributed by atoms with Crippen LogP contribution in [0, 0.1) is 35.5 Å². The standard InChI is InChI=1S/C54H87NO16/c1-32-18-21-39(63-10)28-44(65-12)36(5)52-49(61)40(29-48(60)70-52)53(68-15)45(66-13)30-54(7)46(71-54)24-25-47(59)69-51(34(3)19-22-38(62-9)27-42(32)58)37(6)50(67-14)33(2)20-23-41(57)35(4)43(64-11)17-16-26-55(8)31-56/h16,18-19,21-22,24-26,29,31-39,42-46,49-53,58,61H,17,20,23,27-28,30H2,1-15H3/b21-18+,22-19+,25-24+,26-16+/t32?,33?,34?,35?,36?,37?,38?,39?,42?,43?,44?,45?,46?,49-,50?,51?,52-,53?,54?/m0/s1. The number of Topliss-reactive ketones (excluding diaryl/α,β-unsaturated/α-hetero) is 1. The predicted molar refractivity (Wildman–Crippen MR) is 267 cm³/mol. The van der Waals surface area contributed by atoms with Gasteiger partial charge in [0.15, 0.2) is 0 Å². The monoisotopic (exact) mass is 1010 g/mol. The van der Waals surface area contributed by atoms with Gasteiger partial charge in [0.1, 0.15) is 36.3 Å². The highest BCUT2D eigenvalue weighted by molar-refractivity contribution is 5.84. The molecule has 0 aromatic heterocycles. The number of nitrogens with zero attached hydrogens (tertiary/aromatic N) is 1. The molecule has 0 aromatic rings. The third-order valence-electron chi connectivity index (χ3n) is 14.9. The minimum Gasteiger partial charge on any atom is -0.458 e. The molecule has 2 N–H and O–H groups in total. The fourth-order valence-electron chi connectivity index (χ4n) is 9.98. The number of fused-ring (bicyclic) bond motifs is 3. The molecule has 1 saturated heterocycles. The number of aliphatic hydroxyl groups is 2. The molecule has 0 saturated carbocycles. The van der Waals surface area contributed by atoms with Crippen molar-refractivity contribution in [2.75, 3.05) is 56.8 Å². The van der Waals surface area contributed by atoms with Gasteiger partial charge in [0, 0.05) is 136 Å². The highest BCUT2D eigenvalue weighted by Crippen LogP contribution is 2.44. The number of cyclic esters (lactones) is 1. The molecule has 17 nitrogen and oxygen atoms in total. The van der Waals surface area contributed by atoms with E-state index >= 15 is 0 Å². The van der Waals surface area contributed by atoms with Crippen LogP contribution in [0.25, 0.3) is 0 Å². The first kappa shape index (κ1) is 61.7. The zero-order chi connectivity index (χ0) is 53.2. The molecule has 0 aliphatic carbocycles. The molecule has 0 radical (unpaired) electrons. The van der Waals surface area contributed by atoms with Crippen LogP contribution in [0.1, 0.15) is 87.0 Å². The molecule has 17 unspecified atom stereocenters. The first-order chi connectivity index (χ1) is 33.7. The van der Waals surface area contributed by atoms with Crippen LogP contribution in [0.4, 0.5) is 0 Å². The van der Waals surface area contributed by atoms with Crippen molar-refractivity contribution in [2.24, 2.45) is 35.5 Å². The Labute approximate surface area is 423 Å². The summed E-state index contributed by atoms with van der Waals surface area (Å²) in [6.07, 6.45) is 10.0. The number of methoxy groups -OCH3 is 7. The Bertz CT molecular complexity index is 1820. The van der Waals surface area contributed by atoms with E-state index in [1.54, 1.807) is 60.9 Å². The zero-order valence-electron chi connectivity index (χ0n) is 45.0. The summed E-state index contributed by atoms with van der Waals surface area (Å²) in [5, 5.41) is 23.3. The Balaban J connectivity index is 1.98. The molecular weight excluding hydrogens is 919 g/mol. The number of carbonyl (C=O) groups is 4. The van der Waals surface area contributed by atoms with E-state index in [9.17, 15) is 29.4 Å². The van der Waals surface area contributed by atoms with E-state index in [0.717, 1.165) is 0 Å². The normalized spacial score (nSPS) is 36.1. The molecule has 1 fully saturated rings. The molecule has 404 valence electrons. The third kappa shape index (κ3) is 17.8. The van der Waals surface area contributed by atoms with Gasteiger partial charge in [-0.15, -0.1) is 0 Å². The van der Waals surface area contributed by atoms with E-state index in [2.05, 4.69) is 0 Å². The summed E-state index contributed by atoms with van der Waals surface area (Å²) in [5.74, 6) is -3.24. The van der Waals surface area contributed by atoms with Crippen LogP contribution >= 0.6 is 0 Å². The van der Waals surface area contributed by atoms with Gasteiger partial charge in [-0.05, 0) is 31.8 Å². The van der Waals surface area contributed by atoms with Crippen molar-refractivity contribution in [1.29, 1.82) is 0 Å². The summed E-state index contributed by atoms with van der Waals surface area (Å²) in [4.78, 5) is 52.9. The summed E-state index contributed by atoms with van der Waals surface area (Å²) in [6.45, 7) is 13.4. The molecule has 3 heterocycles. The number of ether oxygens (including phenoxy) is 10. The number of hydrogen-bond donors (Lipinski definition) is 2. The number of rotatable bonds is 19. The van der Waals surface area contributed by atoms with E-state index in [0.29, 0.717) is 31.2 Å². The number of aliphatic hydroxyl groups excluding tert-OH is 2. The van der Waals surface area contributed by atoms with E-state index in [-0.39, 0.29) is 54.8 Å². The van der Waals surface area contributed by atoms with E-state index < -0.39 is 96.5 Å². The second-order valence-corrected chi connectivity index (χ2v) is 19.9. The molecule has 2 bridgehead atoms. The lowest BCUT2D eigenvalue weighted by Gasteiger charge is -2.39. The van der Waals surface area contributed by atoms with Crippen LogP contribution in [0.2, 0.25) is 0 Å². The minimum atomic E-state index is -1.26. The summed E-state index contributed by atoms with van der Waals surface area (Å²) in [6, 6.07) is 0. The van der Waals surface area contributed by atoms with Crippen LogP contribution in [0.5, 0.6) is 0 Å².